The van der Waals surface area contributed by atoms with E-state index in [-0.39, 0.29) is 18.0 Å². The highest BCUT2D eigenvalue weighted by atomic mass is 16.5. The average molecular weight is 262 g/mol. The monoisotopic (exact) mass is 262 g/mol. The number of methoxy groups -OCH3 is 1. The molecule has 4 heteroatoms. The molecule has 1 fully saturated rings. The zero-order valence-corrected chi connectivity index (χ0v) is 11.8. The van der Waals surface area contributed by atoms with Gasteiger partial charge in [-0.15, -0.1) is 0 Å². The lowest BCUT2D eigenvalue weighted by molar-refractivity contribution is -0.148. The first-order valence-electron chi connectivity index (χ1n) is 6.75. The first kappa shape index (κ1) is 14.0. The standard InChI is InChI=1S/C15H22N2O2/c1-11-9-16-10-12(2)17(11)15(18)14(19-3)13-7-5-4-6-8-13/h4-8,11-12,14,16H,9-10H2,1-3H3. The van der Waals surface area contributed by atoms with Gasteiger partial charge in [-0.3, -0.25) is 4.79 Å². The summed E-state index contributed by atoms with van der Waals surface area (Å²) in [6.45, 7) is 5.80. The maximum atomic E-state index is 12.7. The van der Waals surface area contributed by atoms with Crippen molar-refractivity contribution in [1.29, 1.82) is 0 Å². The van der Waals surface area contributed by atoms with Crippen LogP contribution in [0.5, 0.6) is 0 Å². The largest absolute Gasteiger partial charge is 0.367 e. The number of carbonyl (C=O) groups is 1. The second-order valence-electron chi connectivity index (χ2n) is 5.13. The normalized spacial score (nSPS) is 25.1. The third-order valence-corrected chi connectivity index (χ3v) is 3.65. The van der Waals surface area contributed by atoms with Gasteiger partial charge in [-0.25, -0.2) is 0 Å². The molecule has 1 N–H and O–H groups in total. The zero-order chi connectivity index (χ0) is 13.8. The van der Waals surface area contributed by atoms with Crippen LogP contribution in [-0.4, -0.2) is 43.1 Å². The molecular weight excluding hydrogens is 240 g/mol. The van der Waals surface area contributed by atoms with Crippen LogP contribution in [0, 0.1) is 0 Å². The third kappa shape index (κ3) is 2.96. The van der Waals surface area contributed by atoms with E-state index in [4.69, 9.17) is 4.74 Å². The van der Waals surface area contributed by atoms with Crippen LogP contribution in [0.25, 0.3) is 0 Å². The van der Waals surface area contributed by atoms with Crippen molar-refractivity contribution in [2.75, 3.05) is 20.2 Å². The molecule has 1 amide bonds. The van der Waals surface area contributed by atoms with Gasteiger partial charge >= 0.3 is 0 Å². The quantitative estimate of drug-likeness (QED) is 0.899. The van der Waals surface area contributed by atoms with Gasteiger partial charge in [-0.05, 0) is 19.4 Å². The van der Waals surface area contributed by atoms with Crippen molar-refractivity contribution in [3.05, 3.63) is 35.9 Å². The highest BCUT2D eigenvalue weighted by molar-refractivity contribution is 5.83. The van der Waals surface area contributed by atoms with Gasteiger partial charge < -0.3 is 15.0 Å². The summed E-state index contributed by atoms with van der Waals surface area (Å²) in [6.07, 6.45) is -0.510. The Morgan fingerprint density at radius 3 is 2.37 bits per heavy atom. The predicted octanol–water partition coefficient (Wildman–Crippen LogP) is 1.58. The molecule has 2 rings (SSSR count). The van der Waals surface area contributed by atoms with Crippen molar-refractivity contribution in [1.82, 2.24) is 10.2 Å². The van der Waals surface area contributed by atoms with Gasteiger partial charge in [0.25, 0.3) is 5.91 Å². The summed E-state index contributed by atoms with van der Waals surface area (Å²) in [5.41, 5.74) is 0.910. The summed E-state index contributed by atoms with van der Waals surface area (Å²) in [5, 5.41) is 3.33. The fourth-order valence-corrected chi connectivity index (χ4v) is 2.71. The summed E-state index contributed by atoms with van der Waals surface area (Å²) >= 11 is 0. The minimum absolute atomic E-state index is 0.0511. The Morgan fingerprint density at radius 2 is 1.84 bits per heavy atom. The second-order valence-corrected chi connectivity index (χ2v) is 5.13. The first-order chi connectivity index (χ1) is 9.15. The lowest BCUT2D eigenvalue weighted by Gasteiger charge is -2.41. The molecule has 1 aromatic carbocycles. The molecule has 1 saturated heterocycles. The van der Waals surface area contributed by atoms with Gasteiger partial charge in [0.1, 0.15) is 0 Å². The Hall–Kier alpha value is -1.39. The fourth-order valence-electron chi connectivity index (χ4n) is 2.71. The smallest absolute Gasteiger partial charge is 0.256 e. The molecule has 1 aromatic rings. The van der Waals surface area contributed by atoms with Gasteiger partial charge in [-0.2, -0.15) is 0 Å². The topological polar surface area (TPSA) is 41.6 Å². The number of hydrogen-bond donors (Lipinski definition) is 1. The summed E-state index contributed by atoms with van der Waals surface area (Å²) in [7, 11) is 1.59. The minimum Gasteiger partial charge on any atom is -0.367 e. The number of ether oxygens (including phenoxy) is 1. The Bertz CT molecular complexity index is 411. The highest BCUT2D eigenvalue weighted by Crippen LogP contribution is 2.22. The number of nitrogens with zero attached hydrogens (tertiary/aromatic N) is 1. The molecule has 0 aromatic heterocycles. The van der Waals surface area contributed by atoms with Crippen LogP contribution in [0.1, 0.15) is 25.5 Å². The number of rotatable bonds is 3. The molecule has 3 unspecified atom stereocenters. The highest BCUT2D eigenvalue weighted by Gasteiger charge is 2.34. The van der Waals surface area contributed by atoms with Gasteiger partial charge in [0.15, 0.2) is 6.10 Å². The molecule has 0 spiro atoms. The Kier molecular flexibility index (Phi) is 4.56. The molecule has 1 aliphatic heterocycles. The van der Waals surface area contributed by atoms with Crippen LogP contribution in [0.15, 0.2) is 30.3 Å². The molecule has 1 aliphatic rings. The van der Waals surface area contributed by atoms with Crippen LogP contribution in [0.4, 0.5) is 0 Å². The molecule has 4 nitrogen and oxygen atoms in total. The Balaban J connectivity index is 2.21. The molecule has 0 radical (unpaired) electrons. The third-order valence-electron chi connectivity index (χ3n) is 3.65. The lowest BCUT2D eigenvalue weighted by atomic mass is 10.0. The van der Waals surface area contributed by atoms with Gasteiger partial charge in [0, 0.05) is 32.3 Å². The summed E-state index contributed by atoms with van der Waals surface area (Å²) < 4.78 is 5.44. The molecule has 3 atom stereocenters. The summed E-state index contributed by atoms with van der Waals surface area (Å²) in [6, 6.07) is 10.1. The van der Waals surface area contributed by atoms with Crippen molar-refractivity contribution in [3.63, 3.8) is 0 Å². The van der Waals surface area contributed by atoms with Gasteiger partial charge in [0.2, 0.25) is 0 Å². The second kappa shape index (κ2) is 6.17. The number of amides is 1. The molecule has 0 saturated carbocycles. The fraction of sp³-hybridized carbons (Fsp3) is 0.533. The minimum atomic E-state index is -0.510. The van der Waals surface area contributed by atoms with E-state index in [1.807, 2.05) is 35.2 Å². The van der Waals surface area contributed by atoms with Crippen molar-refractivity contribution in [2.45, 2.75) is 32.0 Å². The maximum Gasteiger partial charge on any atom is 0.256 e. The van der Waals surface area contributed by atoms with E-state index >= 15 is 0 Å². The summed E-state index contributed by atoms with van der Waals surface area (Å²) in [4.78, 5) is 14.7. The van der Waals surface area contributed by atoms with E-state index in [2.05, 4.69) is 19.2 Å². The van der Waals surface area contributed by atoms with Crippen LogP contribution in [0.3, 0.4) is 0 Å². The van der Waals surface area contributed by atoms with Crippen molar-refractivity contribution in [3.8, 4) is 0 Å². The van der Waals surface area contributed by atoms with E-state index in [1.165, 1.54) is 0 Å². The van der Waals surface area contributed by atoms with Crippen molar-refractivity contribution in [2.24, 2.45) is 0 Å². The van der Waals surface area contributed by atoms with Crippen molar-refractivity contribution >= 4 is 5.91 Å². The average Bonchev–Trinajstić information content (AvgIpc) is 2.40. The number of hydrogen-bond acceptors (Lipinski definition) is 3. The molecule has 19 heavy (non-hydrogen) atoms. The molecule has 1 heterocycles. The number of carbonyl (C=O) groups excluding carboxylic acids is 1. The summed E-state index contributed by atoms with van der Waals surface area (Å²) in [5.74, 6) is 0.0511. The predicted molar refractivity (Wildman–Crippen MR) is 74.8 cm³/mol. The SMILES string of the molecule is COC(C(=O)N1C(C)CNCC1C)c1ccccc1. The number of piperazine rings is 1. The van der Waals surface area contributed by atoms with E-state index < -0.39 is 6.10 Å². The van der Waals surface area contributed by atoms with E-state index in [1.54, 1.807) is 7.11 Å². The lowest BCUT2D eigenvalue weighted by Crippen LogP contribution is -2.58. The van der Waals surface area contributed by atoms with E-state index in [0.29, 0.717) is 0 Å². The zero-order valence-electron chi connectivity index (χ0n) is 11.8. The van der Waals surface area contributed by atoms with Gasteiger partial charge in [-0.1, -0.05) is 30.3 Å². The van der Waals surface area contributed by atoms with Crippen LogP contribution in [-0.2, 0) is 9.53 Å². The van der Waals surface area contributed by atoms with Crippen LogP contribution in [0.2, 0.25) is 0 Å². The van der Waals surface area contributed by atoms with Crippen molar-refractivity contribution < 1.29 is 9.53 Å². The number of benzene rings is 1. The van der Waals surface area contributed by atoms with E-state index in [9.17, 15) is 4.79 Å². The molecular formula is C15H22N2O2. The first-order valence-corrected chi connectivity index (χ1v) is 6.75. The Labute approximate surface area is 114 Å². The van der Waals surface area contributed by atoms with Crippen LogP contribution >= 0.6 is 0 Å². The Morgan fingerprint density at radius 1 is 1.26 bits per heavy atom. The maximum absolute atomic E-state index is 12.7. The van der Waals surface area contributed by atoms with E-state index in [0.717, 1.165) is 18.7 Å². The molecule has 104 valence electrons. The van der Waals surface area contributed by atoms with Gasteiger partial charge in [0.05, 0.1) is 0 Å². The molecule has 0 bridgehead atoms. The molecule has 0 aliphatic carbocycles. The number of nitrogens with one attached hydrogen (secondary N) is 1. The van der Waals surface area contributed by atoms with Crippen LogP contribution < -0.4 is 5.32 Å².